The Labute approximate surface area is 133 Å². The second kappa shape index (κ2) is 7.77. The Morgan fingerprint density at radius 2 is 2.10 bits per heavy atom. The summed E-state index contributed by atoms with van der Waals surface area (Å²) in [6, 6.07) is 3.07. The lowest BCUT2D eigenvalue weighted by atomic mass is 10.2. The Hall–Kier alpha value is -1.12. The lowest BCUT2D eigenvalue weighted by molar-refractivity contribution is -0.143. The standard InChI is InChI=1S/C13H19BrN2O4S/c1-3-20-13(17)5-4-6-16-21(18,19)12-8-11(15)10(14)7-9(12)2/h7-8,16H,3-6,15H2,1-2H3. The molecule has 1 aromatic rings. The van der Waals surface area contributed by atoms with Gasteiger partial charge in [0.2, 0.25) is 10.0 Å². The van der Waals surface area contributed by atoms with Crippen LogP contribution in [0.25, 0.3) is 0 Å². The molecule has 0 atom stereocenters. The van der Waals surface area contributed by atoms with Crippen LogP contribution in [-0.4, -0.2) is 27.5 Å². The molecule has 0 bridgehead atoms. The van der Waals surface area contributed by atoms with Gasteiger partial charge in [-0.15, -0.1) is 0 Å². The SMILES string of the molecule is CCOC(=O)CCCNS(=O)(=O)c1cc(N)c(Br)cc1C. The van der Waals surface area contributed by atoms with E-state index >= 15 is 0 Å². The maximum Gasteiger partial charge on any atom is 0.305 e. The average molecular weight is 379 g/mol. The van der Waals surface area contributed by atoms with Crippen LogP contribution >= 0.6 is 15.9 Å². The van der Waals surface area contributed by atoms with Gasteiger partial charge in [-0.1, -0.05) is 0 Å². The fraction of sp³-hybridized carbons (Fsp3) is 0.462. The minimum Gasteiger partial charge on any atom is -0.466 e. The van der Waals surface area contributed by atoms with E-state index in [2.05, 4.69) is 20.7 Å². The topological polar surface area (TPSA) is 98.5 Å². The predicted octanol–water partition coefficient (Wildman–Crippen LogP) is 1.96. The molecule has 1 aromatic carbocycles. The lowest BCUT2D eigenvalue weighted by Gasteiger charge is -2.11. The molecular weight excluding hydrogens is 360 g/mol. The molecule has 0 saturated carbocycles. The van der Waals surface area contributed by atoms with E-state index in [9.17, 15) is 13.2 Å². The summed E-state index contributed by atoms with van der Waals surface area (Å²) in [4.78, 5) is 11.3. The number of nitrogens with one attached hydrogen (secondary N) is 1. The van der Waals surface area contributed by atoms with Crippen molar-refractivity contribution in [2.75, 3.05) is 18.9 Å². The molecule has 0 amide bonds. The Morgan fingerprint density at radius 3 is 2.71 bits per heavy atom. The highest BCUT2D eigenvalue weighted by atomic mass is 79.9. The summed E-state index contributed by atoms with van der Waals surface area (Å²) in [6.07, 6.45) is 0.556. The van der Waals surface area contributed by atoms with Crippen molar-refractivity contribution in [3.8, 4) is 0 Å². The second-order valence-electron chi connectivity index (χ2n) is 4.45. The van der Waals surface area contributed by atoms with Gasteiger partial charge in [0.05, 0.1) is 11.5 Å². The summed E-state index contributed by atoms with van der Waals surface area (Å²) in [5.41, 5.74) is 6.66. The fourth-order valence-corrected chi connectivity index (χ4v) is 3.50. The van der Waals surface area contributed by atoms with Crippen molar-refractivity contribution in [3.63, 3.8) is 0 Å². The van der Waals surface area contributed by atoms with Crippen LogP contribution in [0.4, 0.5) is 5.69 Å². The molecule has 0 aliphatic heterocycles. The van der Waals surface area contributed by atoms with Crippen molar-refractivity contribution in [2.45, 2.75) is 31.6 Å². The predicted molar refractivity (Wildman–Crippen MR) is 84.3 cm³/mol. The first kappa shape index (κ1) is 17.9. The number of rotatable bonds is 7. The first-order valence-corrected chi connectivity index (χ1v) is 8.76. The van der Waals surface area contributed by atoms with E-state index in [4.69, 9.17) is 10.5 Å². The number of sulfonamides is 1. The summed E-state index contributed by atoms with van der Waals surface area (Å²) < 4.78 is 32.3. The average Bonchev–Trinajstić information content (AvgIpc) is 2.39. The summed E-state index contributed by atoms with van der Waals surface area (Å²) in [7, 11) is -3.64. The summed E-state index contributed by atoms with van der Waals surface area (Å²) in [6.45, 7) is 3.90. The quantitative estimate of drug-likeness (QED) is 0.429. The molecule has 6 nitrogen and oxygen atoms in total. The van der Waals surface area contributed by atoms with E-state index in [0.717, 1.165) is 0 Å². The summed E-state index contributed by atoms with van der Waals surface area (Å²) >= 11 is 3.25. The monoisotopic (exact) mass is 378 g/mol. The molecule has 8 heteroatoms. The van der Waals surface area contributed by atoms with Gasteiger partial charge in [-0.25, -0.2) is 13.1 Å². The molecule has 0 aliphatic carbocycles. The van der Waals surface area contributed by atoms with Crippen LogP contribution in [0, 0.1) is 6.92 Å². The molecule has 0 aliphatic rings. The molecule has 0 heterocycles. The van der Waals surface area contributed by atoms with Crippen LogP contribution in [0.3, 0.4) is 0 Å². The molecule has 118 valence electrons. The van der Waals surface area contributed by atoms with Crippen LogP contribution in [0.2, 0.25) is 0 Å². The van der Waals surface area contributed by atoms with Gasteiger partial charge in [0.15, 0.2) is 0 Å². The number of anilines is 1. The van der Waals surface area contributed by atoms with Crippen LogP contribution in [0.5, 0.6) is 0 Å². The Kier molecular flexibility index (Phi) is 6.63. The van der Waals surface area contributed by atoms with Gasteiger partial charge < -0.3 is 10.5 Å². The van der Waals surface area contributed by atoms with E-state index < -0.39 is 10.0 Å². The van der Waals surface area contributed by atoms with Gasteiger partial charge >= 0.3 is 5.97 Å². The zero-order valence-electron chi connectivity index (χ0n) is 12.0. The van der Waals surface area contributed by atoms with E-state index in [-0.39, 0.29) is 23.8 Å². The molecule has 0 unspecified atom stereocenters. The first-order valence-electron chi connectivity index (χ1n) is 6.49. The lowest BCUT2D eigenvalue weighted by Crippen LogP contribution is -2.26. The number of esters is 1. The zero-order chi connectivity index (χ0) is 16.0. The molecule has 0 aromatic heterocycles. The molecule has 3 N–H and O–H groups in total. The van der Waals surface area contributed by atoms with Crippen molar-refractivity contribution in [2.24, 2.45) is 0 Å². The number of carbonyl (C=O) groups is 1. The number of halogens is 1. The minimum atomic E-state index is -3.64. The number of nitrogens with two attached hydrogens (primary N) is 1. The summed E-state index contributed by atoms with van der Waals surface area (Å²) in [5.74, 6) is -0.333. The molecular formula is C13H19BrN2O4S. The molecule has 1 rings (SSSR count). The third kappa shape index (κ3) is 5.29. The zero-order valence-corrected chi connectivity index (χ0v) is 14.4. The Bertz CT molecular complexity index is 617. The number of ether oxygens (including phenoxy) is 1. The van der Waals surface area contributed by atoms with Gasteiger partial charge in [-0.05, 0) is 53.9 Å². The first-order chi connectivity index (χ1) is 9.77. The highest BCUT2D eigenvalue weighted by molar-refractivity contribution is 9.10. The third-order valence-electron chi connectivity index (χ3n) is 2.74. The molecule has 0 fully saturated rings. The van der Waals surface area contributed by atoms with Crippen LogP contribution in [0.1, 0.15) is 25.3 Å². The number of benzene rings is 1. The number of nitrogen functional groups attached to an aromatic ring is 1. The van der Waals surface area contributed by atoms with Crippen molar-refractivity contribution >= 4 is 37.6 Å². The van der Waals surface area contributed by atoms with Crippen LogP contribution in [-0.2, 0) is 19.6 Å². The van der Waals surface area contributed by atoms with E-state index in [1.807, 2.05) is 0 Å². The van der Waals surface area contributed by atoms with Gasteiger partial charge in [0.1, 0.15) is 0 Å². The largest absolute Gasteiger partial charge is 0.466 e. The van der Waals surface area contributed by atoms with E-state index in [1.54, 1.807) is 19.9 Å². The third-order valence-corrected chi connectivity index (χ3v) is 5.03. The van der Waals surface area contributed by atoms with E-state index in [1.165, 1.54) is 6.07 Å². The minimum absolute atomic E-state index is 0.138. The van der Waals surface area contributed by atoms with Gasteiger partial charge in [0.25, 0.3) is 0 Å². The smallest absolute Gasteiger partial charge is 0.305 e. The van der Waals surface area contributed by atoms with Crippen LogP contribution in [0.15, 0.2) is 21.5 Å². The second-order valence-corrected chi connectivity index (χ2v) is 7.04. The highest BCUT2D eigenvalue weighted by Crippen LogP contribution is 2.26. The van der Waals surface area contributed by atoms with Gasteiger partial charge in [-0.3, -0.25) is 4.79 Å². The number of carbonyl (C=O) groups excluding carboxylic acids is 1. The number of hydrogen-bond acceptors (Lipinski definition) is 5. The van der Waals surface area contributed by atoms with Gasteiger partial charge in [-0.2, -0.15) is 0 Å². The Morgan fingerprint density at radius 1 is 1.43 bits per heavy atom. The molecule has 0 radical (unpaired) electrons. The highest BCUT2D eigenvalue weighted by Gasteiger charge is 2.18. The van der Waals surface area contributed by atoms with Crippen molar-refractivity contribution in [1.29, 1.82) is 0 Å². The van der Waals surface area contributed by atoms with Gasteiger partial charge in [0, 0.05) is 23.1 Å². The fourth-order valence-electron chi connectivity index (χ4n) is 1.71. The number of hydrogen-bond donors (Lipinski definition) is 2. The molecule has 21 heavy (non-hydrogen) atoms. The maximum absolute atomic E-state index is 12.2. The van der Waals surface area contributed by atoms with Crippen molar-refractivity contribution in [1.82, 2.24) is 4.72 Å². The number of aryl methyl sites for hydroxylation is 1. The van der Waals surface area contributed by atoms with Crippen molar-refractivity contribution in [3.05, 3.63) is 22.2 Å². The van der Waals surface area contributed by atoms with E-state index in [0.29, 0.717) is 28.8 Å². The summed E-state index contributed by atoms with van der Waals surface area (Å²) in [5, 5.41) is 0. The van der Waals surface area contributed by atoms with Crippen LogP contribution < -0.4 is 10.5 Å². The maximum atomic E-state index is 12.2. The normalized spacial score (nSPS) is 11.4. The molecule has 0 saturated heterocycles. The Balaban J connectivity index is 2.66. The molecule has 0 spiro atoms. The van der Waals surface area contributed by atoms with Crippen molar-refractivity contribution < 1.29 is 17.9 Å².